The lowest BCUT2D eigenvalue weighted by Gasteiger charge is -1.98. The van der Waals surface area contributed by atoms with Crippen molar-refractivity contribution in [1.82, 2.24) is 4.98 Å². The van der Waals surface area contributed by atoms with Crippen LogP contribution in [0.15, 0.2) is 30.5 Å². The van der Waals surface area contributed by atoms with Gasteiger partial charge in [-0.25, -0.2) is 9.37 Å². The molecule has 0 bridgehead atoms. The third-order valence-electron chi connectivity index (χ3n) is 1.85. The van der Waals surface area contributed by atoms with Crippen molar-refractivity contribution in [3.05, 3.63) is 42.0 Å². The Balaban J connectivity index is 2.97. The number of halogens is 1. The summed E-state index contributed by atoms with van der Waals surface area (Å²) >= 11 is 0. The lowest BCUT2D eigenvalue weighted by atomic mass is 10.1. The van der Waals surface area contributed by atoms with Crippen molar-refractivity contribution in [3.8, 4) is 6.07 Å². The lowest BCUT2D eigenvalue weighted by molar-refractivity contribution is 0.639. The summed E-state index contributed by atoms with van der Waals surface area (Å²) in [6, 6.07) is 8.22. The Hall–Kier alpha value is -1.95. The van der Waals surface area contributed by atoms with Crippen LogP contribution in [-0.4, -0.2) is 4.98 Å². The van der Waals surface area contributed by atoms with Crippen LogP contribution in [0.5, 0.6) is 0 Å². The molecular formula is C10H5FN2. The molecule has 0 atom stereocenters. The van der Waals surface area contributed by atoms with Gasteiger partial charge in [-0.05, 0) is 17.5 Å². The fourth-order valence-corrected chi connectivity index (χ4v) is 1.27. The van der Waals surface area contributed by atoms with Crippen molar-refractivity contribution < 1.29 is 4.39 Å². The Morgan fingerprint density at radius 3 is 2.92 bits per heavy atom. The van der Waals surface area contributed by atoms with Crippen molar-refractivity contribution in [2.24, 2.45) is 0 Å². The molecule has 2 aromatic rings. The number of rotatable bonds is 0. The molecule has 0 radical (unpaired) electrons. The molecule has 1 aromatic carbocycles. The first-order valence-electron chi connectivity index (χ1n) is 3.76. The topological polar surface area (TPSA) is 36.7 Å². The van der Waals surface area contributed by atoms with Gasteiger partial charge in [-0.15, -0.1) is 0 Å². The van der Waals surface area contributed by atoms with Crippen molar-refractivity contribution in [1.29, 1.82) is 5.26 Å². The highest BCUT2D eigenvalue weighted by Gasteiger charge is 2.05. The summed E-state index contributed by atoms with van der Waals surface area (Å²) in [5, 5.41) is 9.68. The number of hydrogen-bond acceptors (Lipinski definition) is 2. The number of benzene rings is 1. The number of pyridine rings is 1. The molecule has 0 unspecified atom stereocenters. The average molecular weight is 172 g/mol. The van der Waals surface area contributed by atoms with Gasteiger partial charge in [-0.3, -0.25) is 0 Å². The van der Waals surface area contributed by atoms with Crippen LogP contribution in [0.4, 0.5) is 4.39 Å². The van der Waals surface area contributed by atoms with Crippen LogP contribution >= 0.6 is 0 Å². The Morgan fingerprint density at radius 2 is 2.15 bits per heavy atom. The molecule has 0 amide bonds. The van der Waals surface area contributed by atoms with E-state index < -0.39 is 5.82 Å². The number of aromatic nitrogens is 1. The molecular weight excluding hydrogens is 167 g/mol. The quantitative estimate of drug-likeness (QED) is 0.611. The van der Waals surface area contributed by atoms with E-state index in [1.165, 1.54) is 12.3 Å². The summed E-state index contributed by atoms with van der Waals surface area (Å²) in [6.07, 6.45) is 1.50. The van der Waals surface area contributed by atoms with Crippen LogP contribution in [-0.2, 0) is 0 Å². The maximum atomic E-state index is 13.2. The van der Waals surface area contributed by atoms with Crippen molar-refractivity contribution >= 4 is 10.8 Å². The smallest absolute Gasteiger partial charge is 0.151 e. The fraction of sp³-hybridized carbons (Fsp3) is 0. The minimum Gasteiger partial charge on any atom is -0.245 e. The molecule has 2 nitrogen and oxygen atoms in total. The Bertz CT molecular complexity index is 494. The van der Waals surface area contributed by atoms with E-state index in [0.29, 0.717) is 10.8 Å². The largest absolute Gasteiger partial charge is 0.245 e. The molecule has 0 N–H and O–H groups in total. The van der Waals surface area contributed by atoms with Crippen LogP contribution in [0, 0.1) is 17.1 Å². The van der Waals surface area contributed by atoms with Crippen LogP contribution in [0.1, 0.15) is 5.69 Å². The second kappa shape index (κ2) is 2.83. The summed E-state index contributed by atoms with van der Waals surface area (Å²) in [5.74, 6) is -0.401. The van der Waals surface area contributed by atoms with Gasteiger partial charge in [0, 0.05) is 6.20 Å². The number of hydrogen-bond donors (Lipinski definition) is 0. The number of fused-ring (bicyclic) bond motifs is 1. The SMILES string of the molecule is N#Cc1nccc2cccc(F)c12. The van der Waals surface area contributed by atoms with E-state index in [1.807, 2.05) is 6.07 Å². The van der Waals surface area contributed by atoms with Crippen LogP contribution in [0.3, 0.4) is 0 Å². The van der Waals surface area contributed by atoms with E-state index in [1.54, 1.807) is 18.2 Å². The number of nitriles is 1. The Morgan fingerprint density at radius 1 is 1.31 bits per heavy atom. The number of nitrogens with zero attached hydrogens (tertiary/aromatic N) is 2. The maximum absolute atomic E-state index is 13.2. The monoisotopic (exact) mass is 172 g/mol. The molecule has 0 aliphatic heterocycles. The van der Waals surface area contributed by atoms with Gasteiger partial charge in [0.15, 0.2) is 5.69 Å². The first-order chi connectivity index (χ1) is 6.33. The summed E-state index contributed by atoms with van der Waals surface area (Å²) in [7, 11) is 0. The molecule has 0 saturated carbocycles. The summed E-state index contributed by atoms with van der Waals surface area (Å²) in [5.41, 5.74) is 0.135. The highest BCUT2D eigenvalue weighted by Crippen LogP contribution is 2.19. The minimum atomic E-state index is -0.401. The van der Waals surface area contributed by atoms with Crippen LogP contribution < -0.4 is 0 Å². The standard InChI is InChI=1S/C10H5FN2/c11-8-3-1-2-7-4-5-13-9(6-12)10(7)8/h1-5H. The molecule has 0 aliphatic rings. The first-order valence-corrected chi connectivity index (χ1v) is 3.76. The third kappa shape index (κ3) is 1.13. The van der Waals surface area contributed by atoms with Gasteiger partial charge in [0.05, 0.1) is 5.39 Å². The van der Waals surface area contributed by atoms with E-state index in [-0.39, 0.29) is 5.69 Å². The van der Waals surface area contributed by atoms with Gasteiger partial charge in [0.1, 0.15) is 11.9 Å². The van der Waals surface area contributed by atoms with E-state index in [0.717, 1.165) is 0 Å². The molecule has 3 heteroatoms. The van der Waals surface area contributed by atoms with Crippen molar-refractivity contribution in [3.63, 3.8) is 0 Å². The zero-order valence-corrected chi connectivity index (χ0v) is 6.66. The average Bonchev–Trinajstić information content (AvgIpc) is 2.17. The molecule has 0 fully saturated rings. The van der Waals surface area contributed by atoms with Gasteiger partial charge in [-0.2, -0.15) is 5.26 Å². The summed E-state index contributed by atoms with van der Waals surface area (Å²) in [6.45, 7) is 0. The predicted molar refractivity (Wildman–Crippen MR) is 46.4 cm³/mol. The Kier molecular flexibility index (Phi) is 1.67. The van der Waals surface area contributed by atoms with E-state index in [9.17, 15) is 4.39 Å². The molecule has 1 heterocycles. The van der Waals surface area contributed by atoms with Crippen LogP contribution in [0.2, 0.25) is 0 Å². The van der Waals surface area contributed by atoms with E-state index in [4.69, 9.17) is 5.26 Å². The summed E-state index contributed by atoms with van der Waals surface area (Å²) < 4.78 is 13.2. The molecule has 0 spiro atoms. The molecule has 2 rings (SSSR count). The highest BCUT2D eigenvalue weighted by atomic mass is 19.1. The van der Waals surface area contributed by atoms with Gasteiger partial charge in [-0.1, -0.05) is 12.1 Å². The van der Waals surface area contributed by atoms with Gasteiger partial charge in [0.25, 0.3) is 0 Å². The van der Waals surface area contributed by atoms with Gasteiger partial charge < -0.3 is 0 Å². The Labute approximate surface area is 74.3 Å². The predicted octanol–water partition coefficient (Wildman–Crippen LogP) is 2.25. The van der Waals surface area contributed by atoms with Crippen molar-refractivity contribution in [2.45, 2.75) is 0 Å². The van der Waals surface area contributed by atoms with Crippen molar-refractivity contribution in [2.75, 3.05) is 0 Å². The molecule has 0 saturated heterocycles. The molecule has 1 aromatic heterocycles. The third-order valence-corrected chi connectivity index (χ3v) is 1.85. The zero-order chi connectivity index (χ0) is 9.26. The maximum Gasteiger partial charge on any atom is 0.151 e. The van der Waals surface area contributed by atoms with Gasteiger partial charge >= 0.3 is 0 Å². The lowest BCUT2D eigenvalue weighted by Crippen LogP contribution is -1.87. The second-order valence-electron chi connectivity index (χ2n) is 2.61. The van der Waals surface area contributed by atoms with Crippen LogP contribution in [0.25, 0.3) is 10.8 Å². The first kappa shape index (κ1) is 7.69. The minimum absolute atomic E-state index is 0.135. The second-order valence-corrected chi connectivity index (χ2v) is 2.61. The van der Waals surface area contributed by atoms with E-state index in [2.05, 4.69) is 4.98 Å². The molecule has 62 valence electrons. The fourth-order valence-electron chi connectivity index (χ4n) is 1.27. The van der Waals surface area contributed by atoms with E-state index >= 15 is 0 Å². The normalized spacial score (nSPS) is 9.85. The molecule has 13 heavy (non-hydrogen) atoms. The molecule has 0 aliphatic carbocycles. The zero-order valence-electron chi connectivity index (χ0n) is 6.66. The van der Waals surface area contributed by atoms with Gasteiger partial charge in [0.2, 0.25) is 0 Å². The highest BCUT2D eigenvalue weighted by molar-refractivity contribution is 5.86. The summed E-state index contributed by atoms with van der Waals surface area (Å²) in [4.78, 5) is 3.79.